The largest absolute Gasteiger partial charge is 0.479 e. The quantitative estimate of drug-likeness (QED) is 0.453. The minimum absolute atomic E-state index is 1.02. The van der Waals surface area contributed by atoms with Crippen LogP contribution in [0.5, 0.6) is 0 Å². The van der Waals surface area contributed by atoms with E-state index < -0.39 is 18.0 Å². The van der Waals surface area contributed by atoms with Crippen LogP contribution in [-0.4, -0.2) is 28.2 Å². The van der Waals surface area contributed by atoms with E-state index in [-0.39, 0.29) is 0 Å². The van der Waals surface area contributed by atoms with Crippen LogP contribution < -0.4 is 5.32 Å². The van der Waals surface area contributed by atoms with Crippen LogP contribution in [0.3, 0.4) is 0 Å². The Hall–Kier alpha value is -1.52. The minimum Gasteiger partial charge on any atom is -0.479 e. The summed E-state index contributed by atoms with van der Waals surface area (Å²) in [6.07, 6.45) is 1.02. The van der Waals surface area contributed by atoms with Crippen LogP contribution >= 0.6 is 0 Å². The molecule has 0 aliphatic heterocycles. The van der Waals surface area contributed by atoms with Gasteiger partial charge in [0.05, 0.1) is 0 Å². The molecule has 0 radical (unpaired) electrons. The lowest BCUT2D eigenvalue weighted by Gasteiger charge is -2.04. The van der Waals surface area contributed by atoms with Crippen LogP contribution in [0.4, 0.5) is 0 Å². The van der Waals surface area contributed by atoms with Crippen LogP contribution in [0, 0.1) is 0 Å². The zero-order valence-electron chi connectivity index (χ0n) is 5.07. The maximum Gasteiger partial charge on any atom is 0.337 e. The van der Waals surface area contributed by atoms with E-state index in [0.717, 1.165) is 6.20 Å². The average Bonchev–Trinajstić information content (AvgIpc) is 1.81. The van der Waals surface area contributed by atoms with Crippen molar-refractivity contribution in [1.82, 2.24) is 5.32 Å². The first kappa shape index (κ1) is 8.48. The molecule has 0 spiro atoms. The van der Waals surface area contributed by atoms with Crippen LogP contribution in [-0.2, 0) is 9.59 Å². The van der Waals surface area contributed by atoms with E-state index in [1.165, 1.54) is 0 Å². The first-order chi connectivity index (χ1) is 4.59. The summed E-state index contributed by atoms with van der Waals surface area (Å²) >= 11 is 0. The van der Waals surface area contributed by atoms with Gasteiger partial charge in [0.25, 0.3) is 0 Å². The van der Waals surface area contributed by atoms with Crippen molar-refractivity contribution < 1.29 is 19.8 Å². The maximum atomic E-state index is 10.0. The van der Waals surface area contributed by atoms with Gasteiger partial charge in [0.15, 0.2) is 0 Å². The molecule has 0 aliphatic rings. The molecule has 3 N–H and O–H groups in total. The Kier molecular flexibility index (Phi) is 2.96. The molecule has 0 atom stereocenters. The predicted molar refractivity (Wildman–Crippen MR) is 32.4 cm³/mol. The molecule has 0 heterocycles. The summed E-state index contributed by atoms with van der Waals surface area (Å²) in [5.74, 6) is -2.88. The monoisotopic (exact) mass is 145 g/mol. The van der Waals surface area contributed by atoms with Gasteiger partial charge < -0.3 is 15.5 Å². The standard InChI is InChI=1S/C5H7NO4/c1-2-6-3(4(7)8)5(9)10/h2-3,6H,1H2,(H,7,8)(H,9,10). The van der Waals surface area contributed by atoms with Gasteiger partial charge in [-0.1, -0.05) is 6.58 Å². The van der Waals surface area contributed by atoms with Crippen molar-refractivity contribution in [2.24, 2.45) is 0 Å². The smallest absolute Gasteiger partial charge is 0.337 e. The molecule has 0 saturated carbocycles. The number of carbonyl (C=O) groups is 2. The van der Waals surface area contributed by atoms with Gasteiger partial charge in [-0.25, -0.2) is 9.59 Å². The topological polar surface area (TPSA) is 86.6 Å². The number of aliphatic carboxylic acids is 2. The van der Waals surface area contributed by atoms with E-state index in [1.54, 1.807) is 0 Å². The average molecular weight is 145 g/mol. The SMILES string of the molecule is C=CNC(C(=O)O)C(=O)O. The van der Waals surface area contributed by atoms with Crippen LogP contribution in [0.15, 0.2) is 12.8 Å². The van der Waals surface area contributed by atoms with Crippen molar-refractivity contribution in [1.29, 1.82) is 0 Å². The Bertz CT molecular complexity index is 151. The fraction of sp³-hybridized carbons (Fsp3) is 0.200. The zero-order valence-corrected chi connectivity index (χ0v) is 5.07. The van der Waals surface area contributed by atoms with E-state index >= 15 is 0 Å². The Morgan fingerprint density at radius 1 is 1.40 bits per heavy atom. The van der Waals surface area contributed by atoms with Crippen LogP contribution in [0.2, 0.25) is 0 Å². The first-order valence-electron chi connectivity index (χ1n) is 2.42. The van der Waals surface area contributed by atoms with Gasteiger partial charge in [-0.2, -0.15) is 0 Å². The van der Waals surface area contributed by atoms with Gasteiger partial charge >= 0.3 is 11.9 Å². The summed E-state index contributed by atoms with van der Waals surface area (Å²) in [6, 6.07) is -1.60. The summed E-state index contributed by atoms with van der Waals surface area (Å²) in [4.78, 5) is 20.1. The fourth-order valence-electron chi connectivity index (χ4n) is 0.366. The molecule has 0 aromatic rings. The highest BCUT2D eigenvalue weighted by atomic mass is 16.4. The predicted octanol–water partition coefficient (Wildman–Crippen LogP) is -0.743. The Labute approximate surface area is 57.0 Å². The molecule has 10 heavy (non-hydrogen) atoms. The number of hydrogen-bond acceptors (Lipinski definition) is 3. The highest BCUT2D eigenvalue weighted by Crippen LogP contribution is 1.82. The Morgan fingerprint density at radius 2 is 1.80 bits per heavy atom. The zero-order chi connectivity index (χ0) is 8.15. The van der Waals surface area contributed by atoms with Crippen LogP contribution in [0.1, 0.15) is 0 Å². The molecule has 0 rings (SSSR count). The lowest BCUT2D eigenvalue weighted by Crippen LogP contribution is -2.40. The summed E-state index contributed by atoms with van der Waals surface area (Å²) in [7, 11) is 0. The normalized spacial score (nSPS) is 8.90. The first-order valence-corrected chi connectivity index (χ1v) is 2.42. The lowest BCUT2D eigenvalue weighted by molar-refractivity contribution is -0.150. The van der Waals surface area contributed by atoms with Crippen molar-refractivity contribution in [2.75, 3.05) is 0 Å². The Morgan fingerprint density at radius 3 is 1.90 bits per heavy atom. The van der Waals surface area contributed by atoms with Crippen LogP contribution in [0.25, 0.3) is 0 Å². The van der Waals surface area contributed by atoms with Gasteiger partial charge in [0.2, 0.25) is 6.04 Å². The third-order valence-corrected chi connectivity index (χ3v) is 0.778. The van der Waals surface area contributed by atoms with Crippen molar-refractivity contribution in [3.63, 3.8) is 0 Å². The number of hydrogen-bond donors (Lipinski definition) is 3. The van der Waals surface area contributed by atoms with E-state index in [2.05, 4.69) is 6.58 Å². The summed E-state index contributed by atoms with van der Waals surface area (Å²) < 4.78 is 0. The van der Waals surface area contributed by atoms with Gasteiger partial charge in [-0.15, -0.1) is 0 Å². The molecule has 0 bridgehead atoms. The number of carboxylic acids is 2. The molecule has 56 valence electrons. The second kappa shape index (κ2) is 3.49. The fourth-order valence-corrected chi connectivity index (χ4v) is 0.366. The molecular weight excluding hydrogens is 138 g/mol. The van der Waals surface area contributed by atoms with Crippen molar-refractivity contribution in [3.05, 3.63) is 12.8 Å². The number of rotatable bonds is 4. The number of nitrogens with one attached hydrogen (secondary N) is 1. The highest BCUT2D eigenvalue weighted by molar-refractivity contribution is 5.97. The van der Waals surface area contributed by atoms with Crippen molar-refractivity contribution in [3.8, 4) is 0 Å². The molecule has 0 aromatic heterocycles. The molecule has 5 heteroatoms. The van der Waals surface area contributed by atoms with Gasteiger partial charge in [-0.3, -0.25) is 0 Å². The Balaban J connectivity index is 4.11. The lowest BCUT2D eigenvalue weighted by atomic mass is 10.3. The molecule has 5 nitrogen and oxygen atoms in total. The van der Waals surface area contributed by atoms with Crippen molar-refractivity contribution >= 4 is 11.9 Å². The van der Waals surface area contributed by atoms with E-state index in [4.69, 9.17) is 10.2 Å². The summed E-state index contributed by atoms with van der Waals surface area (Å²) in [5, 5.41) is 18.4. The summed E-state index contributed by atoms with van der Waals surface area (Å²) in [6.45, 7) is 3.13. The van der Waals surface area contributed by atoms with E-state index in [1.807, 2.05) is 5.32 Å². The molecule has 0 aromatic carbocycles. The van der Waals surface area contributed by atoms with Gasteiger partial charge in [-0.05, 0) is 6.20 Å². The van der Waals surface area contributed by atoms with Gasteiger partial charge in [0, 0.05) is 0 Å². The van der Waals surface area contributed by atoms with Crippen molar-refractivity contribution in [2.45, 2.75) is 6.04 Å². The summed E-state index contributed by atoms with van der Waals surface area (Å²) in [5.41, 5.74) is 0. The minimum atomic E-state index is -1.60. The molecule has 0 fully saturated rings. The third-order valence-electron chi connectivity index (χ3n) is 0.778. The second-order valence-electron chi connectivity index (χ2n) is 1.48. The highest BCUT2D eigenvalue weighted by Gasteiger charge is 2.23. The molecule has 0 unspecified atom stereocenters. The molecule has 0 saturated heterocycles. The number of carboxylic acid groups (broad SMARTS) is 2. The molecule has 0 aliphatic carbocycles. The molecule has 0 amide bonds. The van der Waals surface area contributed by atoms with E-state index in [0.29, 0.717) is 0 Å². The third kappa shape index (κ3) is 2.17. The van der Waals surface area contributed by atoms with E-state index in [9.17, 15) is 9.59 Å². The maximum absolute atomic E-state index is 10.0. The second-order valence-corrected chi connectivity index (χ2v) is 1.48. The van der Waals surface area contributed by atoms with Gasteiger partial charge in [0.1, 0.15) is 0 Å². The molecular formula is C5H7NO4.